The first kappa shape index (κ1) is 13.7. The molecule has 1 aromatic rings. The van der Waals surface area contributed by atoms with Gasteiger partial charge >= 0.3 is 0 Å². The summed E-state index contributed by atoms with van der Waals surface area (Å²) in [5.74, 6) is -0.371. The number of amides is 1. The van der Waals surface area contributed by atoms with Gasteiger partial charge in [0.05, 0.1) is 0 Å². The van der Waals surface area contributed by atoms with E-state index in [0.717, 1.165) is 12.8 Å². The van der Waals surface area contributed by atoms with Crippen LogP contribution >= 0.6 is 0 Å². The van der Waals surface area contributed by atoms with E-state index in [1.807, 2.05) is 0 Å². The van der Waals surface area contributed by atoms with Crippen molar-refractivity contribution in [3.63, 3.8) is 0 Å². The van der Waals surface area contributed by atoms with Gasteiger partial charge in [-0.05, 0) is 36.9 Å². The van der Waals surface area contributed by atoms with Crippen molar-refractivity contribution in [2.45, 2.75) is 19.8 Å². The topological polar surface area (TPSA) is 86.8 Å². The lowest BCUT2D eigenvalue weighted by atomic mass is 9.80. The number of carbonyl (C=O) groups excluding carboxylic acids is 1. The molecule has 0 aliphatic carbocycles. The molecule has 1 amide bonds. The fourth-order valence-corrected chi connectivity index (χ4v) is 2.35. The second-order valence-electron chi connectivity index (χ2n) is 5.55. The first-order valence-electron chi connectivity index (χ1n) is 6.46. The van der Waals surface area contributed by atoms with Gasteiger partial charge in [-0.2, -0.15) is 0 Å². The van der Waals surface area contributed by atoms with Crippen LogP contribution in [-0.2, 0) is 0 Å². The Morgan fingerprint density at radius 1 is 1.26 bits per heavy atom. The molecule has 104 valence electrons. The Morgan fingerprint density at radius 3 is 2.26 bits per heavy atom. The van der Waals surface area contributed by atoms with Crippen molar-refractivity contribution in [3.8, 4) is 11.5 Å². The summed E-state index contributed by atoms with van der Waals surface area (Å²) in [6.45, 7) is 4.07. The van der Waals surface area contributed by atoms with Crippen LogP contribution in [0.25, 0.3) is 0 Å². The van der Waals surface area contributed by atoms with E-state index in [0.29, 0.717) is 25.2 Å². The predicted molar refractivity (Wildman–Crippen MR) is 72.1 cm³/mol. The van der Waals surface area contributed by atoms with Gasteiger partial charge in [-0.25, -0.2) is 0 Å². The fraction of sp³-hybridized carbons (Fsp3) is 0.500. The van der Waals surface area contributed by atoms with Gasteiger partial charge in [-0.3, -0.25) is 4.79 Å². The molecular formula is C14H20N2O3. The van der Waals surface area contributed by atoms with Crippen molar-refractivity contribution in [1.82, 2.24) is 4.90 Å². The Morgan fingerprint density at radius 2 is 1.79 bits per heavy atom. The average Bonchev–Trinajstić information content (AvgIpc) is 2.38. The summed E-state index contributed by atoms with van der Waals surface area (Å²) < 4.78 is 0. The molecule has 1 saturated heterocycles. The molecule has 1 fully saturated rings. The molecular weight excluding hydrogens is 244 g/mol. The van der Waals surface area contributed by atoms with E-state index in [4.69, 9.17) is 5.73 Å². The van der Waals surface area contributed by atoms with Gasteiger partial charge < -0.3 is 20.8 Å². The zero-order chi connectivity index (χ0) is 14.0. The average molecular weight is 264 g/mol. The fourth-order valence-electron chi connectivity index (χ4n) is 2.35. The van der Waals surface area contributed by atoms with Crippen molar-refractivity contribution in [2.24, 2.45) is 11.1 Å². The first-order chi connectivity index (χ1) is 8.93. The summed E-state index contributed by atoms with van der Waals surface area (Å²) in [7, 11) is 0. The van der Waals surface area contributed by atoms with Gasteiger partial charge in [0.2, 0.25) is 0 Å². The molecule has 0 saturated carbocycles. The van der Waals surface area contributed by atoms with Crippen LogP contribution in [0.3, 0.4) is 0 Å². The lowest BCUT2D eigenvalue weighted by Gasteiger charge is -2.38. The van der Waals surface area contributed by atoms with Gasteiger partial charge in [0.1, 0.15) is 11.5 Å². The lowest BCUT2D eigenvalue weighted by molar-refractivity contribution is 0.0617. The van der Waals surface area contributed by atoms with E-state index < -0.39 is 0 Å². The van der Waals surface area contributed by atoms with Crippen LogP contribution in [0, 0.1) is 5.41 Å². The summed E-state index contributed by atoms with van der Waals surface area (Å²) in [6.07, 6.45) is 1.75. The van der Waals surface area contributed by atoms with Crippen molar-refractivity contribution in [3.05, 3.63) is 23.8 Å². The minimum Gasteiger partial charge on any atom is -0.508 e. The molecule has 0 unspecified atom stereocenters. The number of piperidine rings is 1. The molecule has 5 heteroatoms. The number of nitrogens with two attached hydrogens (primary N) is 1. The molecule has 1 aromatic carbocycles. The standard InChI is InChI=1S/C14H20N2O3/c1-14(9-15)2-4-16(5-3-14)13(19)10-6-11(17)8-12(18)7-10/h6-8,17-18H,2-5,9,15H2,1H3. The molecule has 0 aromatic heterocycles. The maximum Gasteiger partial charge on any atom is 0.254 e. The smallest absolute Gasteiger partial charge is 0.254 e. The molecule has 0 spiro atoms. The van der Waals surface area contributed by atoms with Crippen LogP contribution in [0.15, 0.2) is 18.2 Å². The highest BCUT2D eigenvalue weighted by atomic mass is 16.3. The summed E-state index contributed by atoms with van der Waals surface area (Å²) >= 11 is 0. The predicted octanol–water partition coefficient (Wildman–Crippen LogP) is 1.30. The van der Waals surface area contributed by atoms with Gasteiger partial charge in [-0.1, -0.05) is 6.92 Å². The van der Waals surface area contributed by atoms with E-state index in [1.165, 1.54) is 18.2 Å². The number of phenolic OH excluding ortho intramolecular Hbond substituents is 2. The van der Waals surface area contributed by atoms with Crippen LogP contribution in [0.5, 0.6) is 11.5 Å². The van der Waals surface area contributed by atoms with Gasteiger partial charge in [0, 0.05) is 24.7 Å². The van der Waals surface area contributed by atoms with Crippen molar-refractivity contribution >= 4 is 5.91 Å². The Bertz CT molecular complexity index is 459. The lowest BCUT2D eigenvalue weighted by Crippen LogP contribution is -2.44. The summed E-state index contributed by atoms with van der Waals surface area (Å²) in [5.41, 5.74) is 6.16. The van der Waals surface area contributed by atoms with E-state index in [2.05, 4.69) is 6.92 Å². The minimum absolute atomic E-state index is 0.104. The molecule has 1 aliphatic heterocycles. The van der Waals surface area contributed by atoms with Crippen molar-refractivity contribution in [1.29, 1.82) is 0 Å². The largest absolute Gasteiger partial charge is 0.508 e. The zero-order valence-electron chi connectivity index (χ0n) is 11.1. The van der Waals surface area contributed by atoms with Gasteiger partial charge in [0.25, 0.3) is 5.91 Å². The number of rotatable bonds is 2. The molecule has 0 radical (unpaired) electrons. The van der Waals surface area contributed by atoms with Crippen LogP contribution in [-0.4, -0.2) is 40.7 Å². The molecule has 1 heterocycles. The normalized spacial score (nSPS) is 18.3. The Kier molecular flexibility index (Phi) is 3.66. The van der Waals surface area contributed by atoms with Crippen LogP contribution < -0.4 is 5.73 Å². The number of hydrogen-bond acceptors (Lipinski definition) is 4. The van der Waals surface area contributed by atoms with E-state index in [1.54, 1.807) is 4.90 Å². The second kappa shape index (κ2) is 5.09. The number of phenols is 2. The molecule has 0 bridgehead atoms. The first-order valence-corrected chi connectivity index (χ1v) is 6.46. The maximum atomic E-state index is 12.3. The third kappa shape index (κ3) is 2.98. The number of hydrogen-bond donors (Lipinski definition) is 3. The zero-order valence-corrected chi connectivity index (χ0v) is 11.1. The third-order valence-corrected chi connectivity index (χ3v) is 3.90. The van der Waals surface area contributed by atoms with Crippen LogP contribution in [0.4, 0.5) is 0 Å². The number of aromatic hydroxyl groups is 2. The van der Waals surface area contributed by atoms with Crippen LogP contribution in [0.1, 0.15) is 30.1 Å². The van der Waals surface area contributed by atoms with Crippen molar-refractivity contribution in [2.75, 3.05) is 19.6 Å². The van der Waals surface area contributed by atoms with Crippen molar-refractivity contribution < 1.29 is 15.0 Å². The molecule has 4 N–H and O–H groups in total. The van der Waals surface area contributed by atoms with E-state index in [9.17, 15) is 15.0 Å². The SMILES string of the molecule is CC1(CN)CCN(C(=O)c2cc(O)cc(O)c2)CC1. The molecule has 19 heavy (non-hydrogen) atoms. The molecule has 5 nitrogen and oxygen atoms in total. The number of nitrogens with zero attached hydrogens (tertiary/aromatic N) is 1. The quantitative estimate of drug-likeness (QED) is 0.751. The summed E-state index contributed by atoms with van der Waals surface area (Å²) in [4.78, 5) is 14.0. The highest BCUT2D eigenvalue weighted by Crippen LogP contribution is 2.30. The van der Waals surface area contributed by atoms with Crippen LogP contribution in [0.2, 0.25) is 0 Å². The third-order valence-electron chi connectivity index (χ3n) is 3.90. The Labute approximate surface area is 112 Å². The molecule has 0 atom stereocenters. The maximum absolute atomic E-state index is 12.3. The second-order valence-corrected chi connectivity index (χ2v) is 5.55. The Balaban J connectivity index is 2.09. The number of benzene rings is 1. The summed E-state index contributed by atoms with van der Waals surface area (Å²) in [5, 5.41) is 18.8. The molecule has 1 aliphatic rings. The van der Waals surface area contributed by atoms with Gasteiger partial charge in [-0.15, -0.1) is 0 Å². The number of carbonyl (C=O) groups is 1. The Hall–Kier alpha value is -1.75. The van der Waals surface area contributed by atoms with E-state index >= 15 is 0 Å². The number of likely N-dealkylation sites (tertiary alicyclic amines) is 1. The minimum atomic E-state index is -0.162. The monoisotopic (exact) mass is 264 g/mol. The molecule has 2 rings (SSSR count). The summed E-state index contributed by atoms with van der Waals surface area (Å²) in [6, 6.07) is 3.95. The highest BCUT2D eigenvalue weighted by molar-refractivity contribution is 5.95. The van der Waals surface area contributed by atoms with Gasteiger partial charge in [0.15, 0.2) is 0 Å². The highest BCUT2D eigenvalue weighted by Gasteiger charge is 2.31. The van der Waals surface area contributed by atoms with E-state index in [-0.39, 0.29) is 22.8 Å².